The molecular formula is C9H13N5O2. The zero-order chi connectivity index (χ0) is 11.5. The Morgan fingerprint density at radius 2 is 2.19 bits per heavy atom. The first-order chi connectivity index (χ1) is 7.72. The molecule has 2 rings (SSSR count). The van der Waals surface area contributed by atoms with Gasteiger partial charge in [-0.25, -0.2) is 4.98 Å². The second-order valence-corrected chi connectivity index (χ2v) is 3.62. The van der Waals surface area contributed by atoms with E-state index in [-0.39, 0.29) is 11.2 Å². The van der Waals surface area contributed by atoms with Gasteiger partial charge in [0, 0.05) is 25.9 Å². The summed E-state index contributed by atoms with van der Waals surface area (Å²) < 4.78 is 0. The van der Waals surface area contributed by atoms with Crippen molar-refractivity contribution in [3.63, 3.8) is 0 Å². The molecule has 1 aromatic rings. The van der Waals surface area contributed by atoms with Crippen LogP contribution in [0.4, 0.5) is 11.5 Å². The molecule has 0 amide bonds. The van der Waals surface area contributed by atoms with Gasteiger partial charge < -0.3 is 20.8 Å². The minimum absolute atomic E-state index is 0.131. The normalized spacial score (nSPS) is 16.2. The Morgan fingerprint density at radius 1 is 1.50 bits per heavy atom. The van der Waals surface area contributed by atoms with E-state index >= 15 is 0 Å². The molecule has 0 saturated carbocycles. The van der Waals surface area contributed by atoms with Gasteiger partial charge in [-0.05, 0) is 0 Å². The summed E-state index contributed by atoms with van der Waals surface area (Å²) in [6, 6.07) is 0. The summed E-state index contributed by atoms with van der Waals surface area (Å²) in [6.45, 7) is 1.31. The monoisotopic (exact) mass is 223 g/mol. The van der Waals surface area contributed by atoms with Crippen LogP contribution in [0, 0.1) is 0 Å². The van der Waals surface area contributed by atoms with E-state index < -0.39 is 0 Å². The molecule has 1 saturated heterocycles. The molecule has 2 heterocycles. The molecule has 7 nitrogen and oxygen atoms in total. The van der Waals surface area contributed by atoms with Gasteiger partial charge in [0.25, 0.3) is 5.56 Å². The van der Waals surface area contributed by atoms with Crippen molar-refractivity contribution in [3.8, 4) is 0 Å². The molecule has 0 unspecified atom stereocenters. The number of nitrogens with two attached hydrogens (primary N) is 1. The van der Waals surface area contributed by atoms with Crippen molar-refractivity contribution in [1.82, 2.24) is 9.97 Å². The van der Waals surface area contributed by atoms with E-state index in [1.807, 2.05) is 4.90 Å². The average molecular weight is 223 g/mol. The molecule has 16 heavy (non-hydrogen) atoms. The summed E-state index contributed by atoms with van der Waals surface area (Å²) >= 11 is 0. The number of nitrogen functional groups attached to an aromatic ring is 1. The summed E-state index contributed by atoms with van der Waals surface area (Å²) in [5.74, 6) is 0.501. The quantitative estimate of drug-likeness (QED) is 0.450. The minimum atomic E-state index is -0.327. The molecule has 1 aliphatic heterocycles. The maximum atomic E-state index is 11.3. The predicted octanol–water partition coefficient (Wildman–Crippen LogP) is -0.218. The van der Waals surface area contributed by atoms with E-state index in [2.05, 4.69) is 15.1 Å². The van der Waals surface area contributed by atoms with Crippen LogP contribution in [0.1, 0.15) is 12.8 Å². The summed E-state index contributed by atoms with van der Waals surface area (Å²) in [6.07, 6.45) is 2.65. The van der Waals surface area contributed by atoms with Crippen LogP contribution in [0.25, 0.3) is 0 Å². The zero-order valence-corrected chi connectivity index (χ0v) is 8.68. The highest BCUT2D eigenvalue weighted by Gasteiger charge is 2.19. The largest absolute Gasteiger partial charge is 0.411 e. The molecule has 0 aliphatic carbocycles. The number of aromatic nitrogens is 2. The molecule has 1 aromatic heterocycles. The number of nitrogens with zero attached hydrogens (tertiary/aromatic N) is 3. The number of piperidine rings is 1. The lowest BCUT2D eigenvalue weighted by Crippen LogP contribution is -2.36. The van der Waals surface area contributed by atoms with Crippen LogP contribution in [0.15, 0.2) is 16.3 Å². The van der Waals surface area contributed by atoms with E-state index in [1.165, 1.54) is 6.33 Å². The molecule has 7 heteroatoms. The Labute approximate surface area is 91.6 Å². The van der Waals surface area contributed by atoms with Crippen LogP contribution in [-0.2, 0) is 0 Å². The van der Waals surface area contributed by atoms with Gasteiger partial charge in [0.05, 0.1) is 12.0 Å². The van der Waals surface area contributed by atoms with Gasteiger partial charge in [-0.2, -0.15) is 0 Å². The van der Waals surface area contributed by atoms with Gasteiger partial charge >= 0.3 is 0 Å². The number of H-pyrrole nitrogens is 1. The van der Waals surface area contributed by atoms with Crippen LogP contribution < -0.4 is 16.2 Å². The number of oxime groups is 1. The van der Waals surface area contributed by atoms with Gasteiger partial charge in [-0.15, -0.1) is 0 Å². The van der Waals surface area contributed by atoms with Crippen molar-refractivity contribution in [1.29, 1.82) is 0 Å². The summed E-state index contributed by atoms with van der Waals surface area (Å²) in [5, 5.41) is 11.8. The second-order valence-electron chi connectivity index (χ2n) is 3.62. The number of hydrogen-bond donors (Lipinski definition) is 3. The maximum Gasteiger partial charge on any atom is 0.276 e. The topological polar surface area (TPSA) is 108 Å². The third-order valence-electron chi connectivity index (χ3n) is 2.65. The van der Waals surface area contributed by atoms with Crippen molar-refractivity contribution in [2.75, 3.05) is 23.7 Å². The van der Waals surface area contributed by atoms with E-state index in [0.29, 0.717) is 31.7 Å². The van der Waals surface area contributed by atoms with Crippen molar-refractivity contribution in [3.05, 3.63) is 16.7 Å². The van der Waals surface area contributed by atoms with E-state index in [1.54, 1.807) is 0 Å². The first kappa shape index (κ1) is 10.5. The predicted molar refractivity (Wildman–Crippen MR) is 59.9 cm³/mol. The molecule has 1 fully saturated rings. The van der Waals surface area contributed by atoms with E-state index in [9.17, 15) is 4.79 Å². The summed E-state index contributed by atoms with van der Waals surface area (Å²) in [4.78, 5) is 19.7. The number of rotatable bonds is 1. The van der Waals surface area contributed by atoms with Gasteiger partial charge in [-0.1, -0.05) is 5.16 Å². The fraction of sp³-hybridized carbons (Fsp3) is 0.444. The Hall–Kier alpha value is -2.05. The highest BCUT2D eigenvalue weighted by atomic mass is 16.4. The molecule has 0 aromatic carbocycles. The molecule has 0 bridgehead atoms. The number of aromatic amines is 1. The Balaban J connectivity index is 2.20. The van der Waals surface area contributed by atoms with Gasteiger partial charge in [0.15, 0.2) is 5.82 Å². The second kappa shape index (κ2) is 4.21. The lowest BCUT2D eigenvalue weighted by Gasteiger charge is -2.28. The van der Waals surface area contributed by atoms with Crippen molar-refractivity contribution >= 4 is 17.2 Å². The number of nitrogens with one attached hydrogen (secondary N) is 1. The maximum absolute atomic E-state index is 11.3. The summed E-state index contributed by atoms with van der Waals surface area (Å²) in [7, 11) is 0. The molecular weight excluding hydrogens is 210 g/mol. The Kier molecular flexibility index (Phi) is 2.76. The molecule has 1 aliphatic rings. The lowest BCUT2D eigenvalue weighted by atomic mass is 10.1. The van der Waals surface area contributed by atoms with E-state index in [4.69, 9.17) is 10.9 Å². The Bertz CT molecular complexity index is 457. The molecule has 4 N–H and O–H groups in total. The standard InChI is InChI=1S/C9H13N5O2/c10-7-8(11-5-12-9(7)15)14-3-1-6(13-16)2-4-14/h5,16H,1-4,10H2,(H,11,12,15). The van der Waals surface area contributed by atoms with Gasteiger partial charge in [0.2, 0.25) is 0 Å². The van der Waals surface area contributed by atoms with Crippen LogP contribution in [0.5, 0.6) is 0 Å². The fourth-order valence-corrected chi connectivity index (χ4v) is 1.73. The molecule has 0 spiro atoms. The average Bonchev–Trinajstić information content (AvgIpc) is 2.33. The molecule has 0 atom stereocenters. The molecule has 0 radical (unpaired) electrons. The van der Waals surface area contributed by atoms with Gasteiger partial charge in [0.1, 0.15) is 5.69 Å². The smallest absolute Gasteiger partial charge is 0.276 e. The first-order valence-electron chi connectivity index (χ1n) is 5.00. The SMILES string of the molecule is Nc1c(N2CCC(=NO)CC2)nc[nH]c1=O. The zero-order valence-electron chi connectivity index (χ0n) is 8.68. The Morgan fingerprint density at radius 3 is 2.81 bits per heavy atom. The highest BCUT2D eigenvalue weighted by Crippen LogP contribution is 2.19. The first-order valence-corrected chi connectivity index (χ1v) is 5.00. The highest BCUT2D eigenvalue weighted by molar-refractivity contribution is 5.86. The van der Waals surface area contributed by atoms with Crippen LogP contribution in [-0.4, -0.2) is 34.0 Å². The number of hydrogen-bond acceptors (Lipinski definition) is 6. The number of anilines is 2. The summed E-state index contributed by atoms with van der Waals surface area (Å²) in [5.41, 5.74) is 6.22. The lowest BCUT2D eigenvalue weighted by molar-refractivity contribution is 0.315. The third kappa shape index (κ3) is 1.83. The van der Waals surface area contributed by atoms with Crippen LogP contribution >= 0.6 is 0 Å². The molecule has 86 valence electrons. The van der Waals surface area contributed by atoms with Crippen LogP contribution in [0.3, 0.4) is 0 Å². The minimum Gasteiger partial charge on any atom is -0.411 e. The van der Waals surface area contributed by atoms with Crippen molar-refractivity contribution in [2.45, 2.75) is 12.8 Å². The van der Waals surface area contributed by atoms with Gasteiger partial charge in [-0.3, -0.25) is 4.79 Å². The van der Waals surface area contributed by atoms with Crippen molar-refractivity contribution < 1.29 is 5.21 Å². The fourth-order valence-electron chi connectivity index (χ4n) is 1.73. The van der Waals surface area contributed by atoms with E-state index in [0.717, 1.165) is 5.71 Å². The third-order valence-corrected chi connectivity index (χ3v) is 2.65. The van der Waals surface area contributed by atoms with Crippen LogP contribution in [0.2, 0.25) is 0 Å². The van der Waals surface area contributed by atoms with Crippen molar-refractivity contribution in [2.24, 2.45) is 5.16 Å².